The van der Waals surface area contributed by atoms with Crippen molar-refractivity contribution in [3.05, 3.63) is 18.2 Å². The molecule has 1 fully saturated rings. The zero-order valence-electron chi connectivity index (χ0n) is 10.7. The van der Waals surface area contributed by atoms with Crippen LogP contribution < -0.4 is 19.7 Å². The number of carbonyl (C=O) groups excluding carboxylic acids is 1. The van der Waals surface area contributed by atoms with Crippen LogP contribution in [0, 0.1) is 0 Å². The summed E-state index contributed by atoms with van der Waals surface area (Å²) in [6, 6.07) is 5.61. The Kier molecular flexibility index (Phi) is 3.92. The van der Waals surface area contributed by atoms with Crippen molar-refractivity contribution in [3.63, 3.8) is 0 Å². The lowest BCUT2D eigenvalue weighted by Crippen LogP contribution is -2.33. The van der Waals surface area contributed by atoms with Crippen LogP contribution in [0.5, 0.6) is 11.5 Å². The third kappa shape index (κ3) is 2.67. The molecule has 2 rings (SSSR count). The van der Waals surface area contributed by atoms with Gasteiger partial charge in [0.2, 0.25) is 5.91 Å². The van der Waals surface area contributed by atoms with Gasteiger partial charge in [0.05, 0.1) is 26.5 Å². The molecule has 5 heteroatoms. The molecule has 1 aliphatic rings. The number of methoxy groups -OCH3 is 2. The second-order valence-corrected chi connectivity index (χ2v) is 4.16. The summed E-state index contributed by atoms with van der Waals surface area (Å²) in [4.78, 5) is 13.6. The fourth-order valence-electron chi connectivity index (χ4n) is 2.06. The average molecular weight is 250 g/mol. The van der Waals surface area contributed by atoms with E-state index < -0.39 is 0 Å². The lowest BCUT2D eigenvalue weighted by Gasteiger charge is -2.24. The number of anilines is 1. The number of rotatable bonds is 3. The van der Waals surface area contributed by atoms with Crippen molar-refractivity contribution in [1.82, 2.24) is 5.32 Å². The fourth-order valence-corrected chi connectivity index (χ4v) is 2.06. The number of carbonyl (C=O) groups is 1. The molecular formula is C13H18N2O3. The fraction of sp³-hybridized carbons (Fsp3) is 0.462. The van der Waals surface area contributed by atoms with Gasteiger partial charge in [-0.25, -0.2) is 0 Å². The van der Waals surface area contributed by atoms with Crippen LogP contribution in [0.15, 0.2) is 18.2 Å². The number of benzene rings is 1. The minimum absolute atomic E-state index is 0.0392. The van der Waals surface area contributed by atoms with E-state index in [-0.39, 0.29) is 5.91 Å². The van der Waals surface area contributed by atoms with E-state index in [1.807, 2.05) is 23.1 Å². The third-order valence-corrected chi connectivity index (χ3v) is 2.99. The Balaban J connectivity index is 2.31. The zero-order valence-corrected chi connectivity index (χ0v) is 10.7. The Morgan fingerprint density at radius 2 is 2.11 bits per heavy atom. The van der Waals surface area contributed by atoms with Gasteiger partial charge in [0, 0.05) is 19.2 Å². The van der Waals surface area contributed by atoms with Crippen LogP contribution in [0.3, 0.4) is 0 Å². The van der Waals surface area contributed by atoms with Crippen LogP contribution in [0.2, 0.25) is 0 Å². The molecule has 5 nitrogen and oxygen atoms in total. The molecule has 98 valence electrons. The largest absolute Gasteiger partial charge is 0.497 e. The van der Waals surface area contributed by atoms with Gasteiger partial charge in [-0.05, 0) is 18.6 Å². The smallest absolute Gasteiger partial charge is 0.239 e. The molecule has 0 saturated carbocycles. The van der Waals surface area contributed by atoms with Crippen molar-refractivity contribution >= 4 is 11.6 Å². The van der Waals surface area contributed by atoms with Gasteiger partial charge >= 0.3 is 0 Å². The van der Waals surface area contributed by atoms with E-state index in [1.165, 1.54) is 0 Å². The second-order valence-electron chi connectivity index (χ2n) is 4.16. The predicted octanol–water partition coefficient (Wildman–Crippen LogP) is 1.03. The van der Waals surface area contributed by atoms with Crippen molar-refractivity contribution in [3.8, 4) is 11.5 Å². The van der Waals surface area contributed by atoms with E-state index in [9.17, 15) is 4.79 Å². The van der Waals surface area contributed by atoms with E-state index in [4.69, 9.17) is 9.47 Å². The third-order valence-electron chi connectivity index (χ3n) is 2.99. The number of nitrogens with zero attached hydrogens (tertiary/aromatic N) is 1. The minimum atomic E-state index is 0.0392. The van der Waals surface area contributed by atoms with Crippen LogP contribution >= 0.6 is 0 Å². The van der Waals surface area contributed by atoms with Gasteiger partial charge in [0.25, 0.3) is 0 Å². The van der Waals surface area contributed by atoms with Crippen molar-refractivity contribution in [2.75, 3.05) is 38.8 Å². The van der Waals surface area contributed by atoms with E-state index in [0.29, 0.717) is 6.54 Å². The Hall–Kier alpha value is -1.91. The summed E-state index contributed by atoms with van der Waals surface area (Å²) in [5.74, 6) is 1.55. The van der Waals surface area contributed by atoms with E-state index in [1.54, 1.807) is 14.2 Å². The Bertz CT molecular complexity index is 434. The maximum absolute atomic E-state index is 11.6. The molecule has 1 aromatic rings. The zero-order chi connectivity index (χ0) is 13.0. The first-order valence-electron chi connectivity index (χ1n) is 5.98. The SMILES string of the molecule is COc1ccc(OC)c(N2CCCNC(=O)C2)c1. The summed E-state index contributed by atoms with van der Waals surface area (Å²) in [7, 11) is 3.25. The van der Waals surface area contributed by atoms with Crippen molar-refractivity contribution in [1.29, 1.82) is 0 Å². The summed E-state index contributed by atoms with van der Waals surface area (Å²) in [6.45, 7) is 1.90. The average Bonchev–Trinajstić information content (AvgIpc) is 2.62. The lowest BCUT2D eigenvalue weighted by molar-refractivity contribution is -0.119. The van der Waals surface area contributed by atoms with Crippen LogP contribution in [0.4, 0.5) is 5.69 Å². The molecule has 1 saturated heterocycles. The van der Waals surface area contributed by atoms with Gasteiger partial charge < -0.3 is 19.7 Å². The quantitative estimate of drug-likeness (QED) is 0.870. The van der Waals surface area contributed by atoms with Crippen molar-refractivity contribution in [2.45, 2.75) is 6.42 Å². The Morgan fingerprint density at radius 1 is 1.28 bits per heavy atom. The van der Waals surface area contributed by atoms with E-state index >= 15 is 0 Å². The molecule has 0 atom stereocenters. The highest BCUT2D eigenvalue weighted by molar-refractivity contribution is 5.82. The molecule has 1 heterocycles. The number of hydrogen-bond acceptors (Lipinski definition) is 4. The summed E-state index contributed by atoms with van der Waals surface area (Å²) < 4.78 is 10.6. The van der Waals surface area contributed by atoms with Crippen LogP contribution in [0.25, 0.3) is 0 Å². The molecule has 18 heavy (non-hydrogen) atoms. The number of ether oxygens (including phenoxy) is 2. The molecule has 0 aliphatic carbocycles. The lowest BCUT2D eigenvalue weighted by atomic mass is 10.2. The highest BCUT2D eigenvalue weighted by Gasteiger charge is 2.18. The van der Waals surface area contributed by atoms with Gasteiger partial charge in [0.15, 0.2) is 0 Å². The van der Waals surface area contributed by atoms with E-state index in [0.717, 1.165) is 36.7 Å². The van der Waals surface area contributed by atoms with Gasteiger partial charge in [0.1, 0.15) is 11.5 Å². The summed E-state index contributed by atoms with van der Waals surface area (Å²) in [5.41, 5.74) is 0.897. The topological polar surface area (TPSA) is 50.8 Å². The summed E-state index contributed by atoms with van der Waals surface area (Å²) >= 11 is 0. The molecule has 0 spiro atoms. The van der Waals surface area contributed by atoms with Gasteiger partial charge in [-0.2, -0.15) is 0 Å². The van der Waals surface area contributed by atoms with Crippen molar-refractivity contribution in [2.24, 2.45) is 0 Å². The van der Waals surface area contributed by atoms with Crippen LogP contribution in [0.1, 0.15) is 6.42 Å². The monoisotopic (exact) mass is 250 g/mol. The second kappa shape index (κ2) is 5.62. The summed E-state index contributed by atoms with van der Waals surface area (Å²) in [6.07, 6.45) is 0.923. The molecule has 1 N–H and O–H groups in total. The molecule has 1 aromatic carbocycles. The first-order chi connectivity index (χ1) is 8.74. The molecular weight excluding hydrogens is 232 g/mol. The highest BCUT2D eigenvalue weighted by Crippen LogP contribution is 2.32. The predicted molar refractivity (Wildman–Crippen MR) is 69.4 cm³/mol. The number of hydrogen-bond donors (Lipinski definition) is 1. The first kappa shape index (κ1) is 12.5. The Labute approximate surface area is 107 Å². The molecule has 0 unspecified atom stereocenters. The minimum Gasteiger partial charge on any atom is -0.497 e. The van der Waals surface area contributed by atoms with Gasteiger partial charge in [-0.15, -0.1) is 0 Å². The van der Waals surface area contributed by atoms with Crippen LogP contribution in [-0.4, -0.2) is 39.8 Å². The number of nitrogens with one attached hydrogen (secondary N) is 1. The maximum atomic E-state index is 11.6. The highest BCUT2D eigenvalue weighted by atomic mass is 16.5. The molecule has 0 aromatic heterocycles. The van der Waals surface area contributed by atoms with Crippen LogP contribution in [-0.2, 0) is 4.79 Å². The molecule has 1 amide bonds. The van der Waals surface area contributed by atoms with Crippen molar-refractivity contribution < 1.29 is 14.3 Å². The normalized spacial score (nSPS) is 15.9. The molecule has 0 bridgehead atoms. The Morgan fingerprint density at radius 3 is 2.83 bits per heavy atom. The molecule has 1 aliphatic heterocycles. The van der Waals surface area contributed by atoms with E-state index in [2.05, 4.69) is 5.32 Å². The summed E-state index contributed by atoms with van der Waals surface area (Å²) in [5, 5.41) is 2.86. The molecule has 0 radical (unpaired) electrons. The standard InChI is InChI=1S/C13H18N2O3/c1-17-10-4-5-12(18-2)11(8-10)15-7-3-6-14-13(16)9-15/h4-5,8H,3,6-7,9H2,1-2H3,(H,14,16). The maximum Gasteiger partial charge on any atom is 0.239 e. The van der Waals surface area contributed by atoms with Gasteiger partial charge in [-0.1, -0.05) is 0 Å². The first-order valence-corrected chi connectivity index (χ1v) is 5.98. The number of amides is 1. The van der Waals surface area contributed by atoms with Gasteiger partial charge in [-0.3, -0.25) is 4.79 Å².